The van der Waals surface area contributed by atoms with Crippen molar-refractivity contribution in [2.24, 2.45) is 0 Å². The molecule has 1 fully saturated rings. The van der Waals surface area contributed by atoms with Crippen LogP contribution in [0.3, 0.4) is 0 Å². The molecular formula is C17H27NO2. The first-order chi connectivity index (χ1) is 9.65. The van der Waals surface area contributed by atoms with Crippen LogP contribution in [0.15, 0.2) is 24.3 Å². The molecule has 1 aromatic carbocycles. The fraction of sp³-hybridized carbons (Fsp3) is 0.647. The minimum atomic E-state index is -0.444. The Kier molecular flexibility index (Phi) is 5.86. The molecule has 0 aromatic heterocycles. The van der Waals surface area contributed by atoms with E-state index in [-0.39, 0.29) is 0 Å². The topological polar surface area (TPSA) is 41.5 Å². The van der Waals surface area contributed by atoms with E-state index in [2.05, 4.69) is 31.3 Å². The number of rotatable bonds is 7. The van der Waals surface area contributed by atoms with Gasteiger partial charge in [0.05, 0.1) is 0 Å². The average molecular weight is 277 g/mol. The summed E-state index contributed by atoms with van der Waals surface area (Å²) in [6, 6.07) is 8.72. The van der Waals surface area contributed by atoms with E-state index in [0.29, 0.717) is 25.1 Å². The maximum absolute atomic E-state index is 9.93. The minimum absolute atomic E-state index is 0.348. The second-order valence-electron chi connectivity index (χ2n) is 6.08. The van der Waals surface area contributed by atoms with Gasteiger partial charge in [0, 0.05) is 12.6 Å². The van der Waals surface area contributed by atoms with Gasteiger partial charge >= 0.3 is 0 Å². The molecule has 0 amide bonds. The van der Waals surface area contributed by atoms with Crippen molar-refractivity contribution in [1.29, 1.82) is 0 Å². The summed E-state index contributed by atoms with van der Waals surface area (Å²) in [6.45, 7) is 5.32. The van der Waals surface area contributed by atoms with Gasteiger partial charge in [-0.15, -0.1) is 0 Å². The normalized spacial score (nSPS) is 17.6. The smallest absolute Gasteiger partial charge is 0.119 e. The van der Waals surface area contributed by atoms with Crippen LogP contribution in [-0.2, 0) is 0 Å². The summed E-state index contributed by atoms with van der Waals surface area (Å²) in [5.41, 5.74) is 1.31. The van der Waals surface area contributed by atoms with Gasteiger partial charge in [-0.2, -0.15) is 0 Å². The molecule has 1 saturated carbocycles. The molecule has 0 bridgehead atoms. The molecule has 1 unspecified atom stereocenters. The van der Waals surface area contributed by atoms with Crippen molar-refractivity contribution in [3.63, 3.8) is 0 Å². The predicted molar refractivity (Wildman–Crippen MR) is 82.3 cm³/mol. The van der Waals surface area contributed by atoms with Crippen LogP contribution < -0.4 is 10.1 Å². The first-order valence-corrected chi connectivity index (χ1v) is 7.79. The highest BCUT2D eigenvalue weighted by molar-refractivity contribution is 5.28. The summed E-state index contributed by atoms with van der Waals surface area (Å²) < 4.78 is 5.63. The zero-order valence-electron chi connectivity index (χ0n) is 12.6. The van der Waals surface area contributed by atoms with E-state index in [1.165, 1.54) is 31.2 Å². The SMILES string of the molecule is CC(C)c1ccc(OCC(O)CNC2CCCC2)cc1. The molecule has 2 rings (SSSR count). The van der Waals surface area contributed by atoms with Crippen molar-refractivity contribution >= 4 is 0 Å². The van der Waals surface area contributed by atoms with Crippen molar-refractivity contribution in [3.8, 4) is 5.75 Å². The summed E-state index contributed by atoms with van der Waals surface area (Å²) in [4.78, 5) is 0. The Hall–Kier alpha value is -1.06. The van der Waals surface area contributed by atoms with Crippen molar-refractivity contribution in [1.82, 2.24) is 5.32 Å². The van der Waals surface area contributed by atoms with Gasteiger partial charge in [0.1, 0.15) is 18.5 Å². The number of benzene rings is 1. The lowest BCUT2D eigenvalue weighted by molar-refractivity contribution is 0.104. The number of hydrogen-bond donors (Lipinski definition) is 2. The van der Waals surface area contributed by atoms with Crippen LogP contribution in [0.2, 0.25) is 0 Å². The zero-order valence-corrected chi connectivity index (χ0v) is 12.6. The summed E-state index contributed by atoms with van der Waals surface area (Å²) in [7, 11) is 0. The average Bonchev–Trinajstić information content (AvgIpc) is 2.96. The lowest BCUT2D eigenvalue weighted by atomic mass is 10.0. The molecule has 0 radical (unpaired) electrons. The molecule has 3 nitrogen and oxygen atoms in total. The second-order valence-corrected chi connectivity index (χ2v) is 6.08. The number of hydrogen-bond acceptors (Lipinski definition) is 3. The van der Waals surface area contributed by atoms with Gasteiger partial charge in [0.15, 0.2) is 0 Å². The van der Waals surface area contributed by atoms with E-state index in [1.54, 1.807) is 0 Å². The Bertz CT molecular complexity index is 382. The molecule has 2 N–H and O–H groups in total. The highest BCUT2D eigenvalue weighted by Gasteiger charge is 2.15. The largest absolute Gasteiger partial charge is 0.491 e. The predicted octanol–water partition coefficient (Wildman–Crippen LogP) is 3.08. The first kappa shape index (κ1) is 15.3. The van der Waals surface area contributed by atoms with Crippen molar-refractivity contribution < 1.29 is 9.84 Å². The fourth-order valence-corrected chi connectivity index (χ4v) is 2.63. The number of aliphatic hydroxyl groups is 1. The minimum Gasteiger partial charge on any atom is -0.491 e. The van der Waals surface area contributed by atoms with Crippen molar-refractivity contribution in [3.05, 3.63) is 29.8 Å². The molecular weight excluding hydrogens is 250 g/mol. The van der Waals surface area contributed by atoms with E-state index in [4.69, 9.17) is 4.74 Å². The molecule has 1 aliphatic rings. The van der Waals surface area contributed by atoms with Crippen LogP contribution >= 0.6 is 0 Å². The molecule has 1 atom stereocenters. The van der Waals surface area contributed by atoms with Gasteiger partial charge in [-0.3, -0.25) is 0 Å². The van der Waals surface area contributed by atoms with Crippen molar-refractivity contribution in [2.75, 3.05) is 13.2 Å². The summed E-state index contributed by atoms with van der Waals surface area (Å²) >= 11 is 0. The lowest BCUT2D eigenvalue weighted by Gasteiger charge is -2.17. The fourth-order valence-electron chi connectivity index (χ4n) is 2.63. The Morgan fingerprint density at radius 2 is 1.85 bits per heavy atom. The Morgan fingerprint density at radius 3 is 2.45 bits per heavy atom. The molecule has 1 aliphatic carbocycles. The monoisotopic (exact) mass is 277 g/mol. The number of nitrogens with one attached hydrogen (secondary N) is 1. The lowest BCUT2D eigenvalue weighted by Crippen LogP contribution is -2.36. The van der Waals surface area contributed by atoms with Gasteiger partial charge in [0.25, 0.3) is 0 Å². The summed E-state index contributed by atoms with van der Waals surface area (Å²) in [5, 5.41) is 13.3. The quantitative estimate of drug-likeness (QED) is 0.805. The molecule has 1 aromatic rings. The van der Waals surface area contributed by atoms with Gasteiger partial charge < -0.3 is 15.2 Å². The highest BCUT2D eigenvalue weighted by atomic mass is 16.5. The Balaban J connectivity index is 1.68. The molecule has 20 heavy (non-hydrogen) atoms. The Labute approximate surface area is 122 Å². The molecule has 0 saturated heterocycles. The van der Waals surface area contributed by atoms with E-state index in [9.17, 15) is 5.11 Å². The Morgan fingerprint density at radius 1 is 1.20 bits per heavy atom. The molecule has 0 heterocycles. The van der Waals surface area contributed by atoms with Crippen LogP contribution in [-0.4, -0.2) is 30.4 Å². The van der Waals surface area contributed by atoms with Crippen LogP contribution in [0, 0.1) is 0 Å². The van der Waals surface area contributed by atoms with Gasteiger partial charge in [-0.05, 0) is 36.5 Å². The number of ether oxygens (including phenoxy) is 1. The van der Waals surface area contributed by atoms with Gasteiger partial charge in [-0.1, -0.05) is 38.8 Å². The standard InChI is InChI=1S/C17H27NO2/c1-13(2)14-7-9-17(10-8-14)20-12-16(19)11-18-15-5-3-4-6-15/h7-10,13,15-16,18-19H,3-6,11-12H2,1-2H3. The van der Waals surface area contributed by atoms with Gasteiger partial charge in [0.2, 0.25) is 0 Å². The molecule has 112 valence electrons. The van der Waals surface area contributed by atoms with Crippen LogP contribution in [0.1, 0.15) is 51.0 Å². The second kappa shape index (κ2) is 7.65. The zero-order chi connectivity index (χ0) is 14.4. The van der Waals surface area contributed by atoms with E-state index >= 15 is 0 Å². The van der Waals surface area contributed by atoms with Crippen molar-refractivity contribution in [2.45, 2.75) is 57.6 Å². The third-order valence-corrected chi connectivity index (χ3v) is 3.99. The first-order valence-electron chi connectivity index (χ1n) is 7.79. The van der Waals surface area contributed by atoms with Gasteiger partial charge in [-0.25, -0.2) is 0 Å². The molecule has 0 spiro atoms. The maximum Gasteiger partial charge on any atom is 0.119 e. The summed E-state index contributed by atoms with van der Waals surface area (Å²) in [5.74, 6) is 1.36. The van der Waals surface area contributed by atoms with Crippen LogP contribution in [0.25, 0.3) is 0 Å². The van der Waals surface area contributed by atoms with E-state index in [1.807, 2.05) is 12.1 Å². The summed E-state index contributed by atoms with van der Waals surface area (Å²) in [6.07, 6.45) is 4.66. The third-order valence-electron chi connectivity index (χ3n) is 3.99. The highest BCUT2D eigenvalue weighted by Crippen LogP contribution is 2.19. The maximum atomic E-state index is 9.93. The van der Waals surface area contributed by atoms with Crippen LogP contribution in [0.4, 0.5) is 0 Å². The third kappa shape index (κ3) is 4.80. The molecule has 3 heteroatoms. The molecule has 0 aliphatic heterocycles. The van der Waals surface area contributed by atoms with E-state index in [0.717, 1.165) is 5.75 Å². The van der Waals surface area contributed by atoms with Crippen LogP contribution in [0.5, 0.6) is 5.75 Å². The van der Waals surface area contributed by atoms with E-state index < -0.39 is 6.10 Å². The number of aliphatic hydroxyl groups excluding tert-OH is 1.